The topological polar surface area (TPSA) is 69.6 Å². The third-order valence-electron chi connectivity index (χ3n) is 6.11. The molecule has 2 atom stereocenters. The van der Waals surface area contributed by atoms with E-state index in [1.165, 1.54) is 0 Å². The Morgan fingerprint density at radius 3 is 2.39 bits per heavy atom. The summed E-state index contributed by atoms with van der Waals surface area (Å²) in [5, 5.41) is 12.1. The highest BCUT2D eigenvalue weighted by Gasteiger charge is 2.41. The maximum Gasteiger partial charge on any atom is 0.223 e. The summed E-state index contributed by atoms with van der Waals surface area (Å²) in [6, 6.07) is 0. The lowest BCUT2D eigenvalue weighted by Crippen LogP contribution is -2.44. The maximum absolute atomic E-state index is 12.5. The van der Waals surface area contributed by atoms with Gasteiger partial charge >= 0.3 is 0 Å². The number of carbonyl (C=O) groups is 2. The fourth-order valence-electron chi connectivity index (χ4n) is 4.64. The molecule has 3 rings (SSSR count). The molecule has 2 unspecified atom stereocenters. The Balaban J connectivity index is 1.41. The van der Waals surface area contributed by atoms with Gasteiger partial charge in [0.2, 0.25) is 5.91 Å². The Morgan fingerprint density at radius 1 is 1.13 bits per heavy atom. The Bertz CT molecular complexity index is 416. The highest BCUT2D eigenvalue weighted by molar-refractivity contribution is 5.88. The van der Waals surface area contributed by atoms with Crippen LogP contribution in [-0.2, 0) is 9.59 Å². The van der Waals surface area contributed by atoms with Crippen molar-refractivity contribution in [3.8, 4) is 0 Å². The van der Waals surface area contributed by atoms with E-state index < -0.39 is 0 Å². The van der Waals surface area contributed by atoms with E-state index in [9.17, 15) is 9.59 Å². The summed E-state index contributed by atoms with van der Waals surface area (Å²) in [4.78, 5) is 26.9. The van der Waals surface area contributed by atoms with Crippen LogP contribution in [0, 0.1) is 23.7 Å². The number of amides is 1. The van der Waals surface area contributed by atoms with Gasteiger partial charge in [0, 0.05) is 30.8 Å². The summed E-state index contributed by atoms with van der Waals surface area (Å²) >= 11 is 0. The van der Waals surface area contributed by atoms with Gasteiger partial charge in [0.1, 0.15) is 5.78 Å². The van der Waals surface area contributed by atoms with E-state index in [1.807, 2.05) is 0 Å². The zero-order chi connectivity index (χ0) is 16.2. The van der Waals surface area contributed by atoms with Crippen LogP contribution in [0.3, 0.4) is 0 Å². The number of aliphatic hydroxyl groups is 1. The molecule has 5 nitrogen and oxygen atoms in total. The lowest BCUT2D eigenvalue weighted by Gasteiger charge is -2.37. The quantitative estimate of drug-likeness (QED) is 0.798. The zero-order valence-electron chi connectivity index (χ0n) is 14.0. The largest absolute Gasteiger partial charge is 0.395 e. The number of β-amino-alcohol motifs (C(OH)–C–C–N with tert-alkyl or cyclic N) is 1. The van der Waals surface area contributed by atoms with E-state index >= 15 is 0 Å². The zero-order valence-corrected chi connectivity index (χ0v) is 14.0. The van der Waals surface area contributed by atoms with Gasteiger partial charge in [-0.25, -0.2) is 0 Å². The van der Waals surface area contributed by atoms with E-state index in [1.54, 1.807) is 0 Å². The number of rotatable bonds is 5. The number of ketones is 1. The lowest BCUT2D eigenvalue weighted by atomic mass is 9.67. The van der Waals surface area contributed by atoms with Crippen LogP contribution in [0.15, 0.2) is 0 Å². The number of aliphatic hydroxyl groups excluding tert-OH is 1. The number of fused-ring (bicyclic) bond motifs is 2. The Labute approximate surface area is 138 Å². The number of carbonyl (C=O) groups excluding carboxylic acids is 2. The predicted molar refractivity (Wildman–Crippen MR) is 87.8 cm³/mol. The number of piperidine rings is 1. The fraction of sp³-hybridized carbons (Fsp3) is 0.889. The van der Waals surface area contributed by atoms with Crippen LogP contribution in [0.4, 0.5) is 0 Å². The molecule has 3 aliphatic rings. The van der Waals surface area contributed by atoms with Crippen LogP contribution in [-0.4, -0.2) is 54.5 Å². The molecular formula is C18H30N2O3. The molecule has 1 saturated heterocycles. The van der Waals surface area contributed by atoms with Crippen molar-refractivity contribution in [2.24, 2.45) is 23.7 Å². The minimum Gasteiger partial charge on any atom is -0.395 e. The smallest absolute Gasteiger partial charge is 0.223 e. The second kappa shape index (κ2) is 7.75. The molecule has 23 heavy (non-hydrogen) atoms. The predicted octanol–water partition coefficient (Wildman–Crippen LogP) is 1.20. The standard InChI is InChI=1S/C18H30N2O3/c21-9-8-20-6-4-13(5-7-20)12-19-18(23)16-10-14-2-1-3-15(11-16)17(14)22/h13-16,21H,1-12H2,(H,19,23). The molecule has 1 heterocycles. The molecule has 2 saturated carbocycles. The fourth-order valence-corrected chi connectivity index (χ4v) is 4.64. The average Bonchev–Trinajstić information content (AvgIpc) is 2.54. The molecular weight excluding hydrogens is 292 g/mol. The number of hydrogen-bond donors (Lipinski definition) is 2. The maximum atomic E-state index is 12.5. The number of nitrogens with zero attached hydrogens (tertiary/aromatic N) is 1. The van der Waals surface area contributed by atoms with Crippen molar-refractivity contribution in [1.29, 1.82) is 0 Å². The Hall–Kier alpha value is -0.940. The van der Waals surface area contributed by atoms with Gasteiger partial charge in [-0.05, 0) is 57.5 Å². The molecule has 3 fully saturated rings. The van der Waals surface area contributed by atoms with Gasteiger partial charge in [-0.15, -0.1) is 0 Å². The number of nitrogens with one attached hydrogen (secondary N) is 1. The highest BCUT2D eigenvalue weighted by Crippen LogP contribution is 2.40. The van der Waals surface area contributed by atoms with Crippen LogP contribution in [0.1, 0.15) is 44.9 Å². The van der Waals surface area contributed by atoms with Crippen LogP contribution in [0.2, 0.25) is 0 Å². The van der Waals surface area contributed by atoms with Gasteiger partial charge in [0.25, 0.3) is 0 Å². The number of hydrogen-bond acceptors (Lipinski definition) is 4. The van der Waals surface area contributed by atoms with Crippen LogP contribution in [0.25, 0.3) is 0 Å². The van der Waals surface area contributed by atoms with Crippen molar-refractivity contribution in [2.75, 3.05) is 32.8 Å². The van der Waals surface area contributed by atoms with E-state index in [-0.39, 0.29) is 30.3 Å². The number of likely N-dealkylation sites (tertiary alicyclic amines) is 1. The summed E-state index contributed by atoms with van der Waals surface area (Å²) < 4.78 is 0. The molecule has 2 bridgehead atoms. The molecule has 1 amide bonds. The summed E-state index contributed by atoms with van der Waals surface area (Å²) in [6.07, 6.45) is 6.86. The third-order valence-corrected chi connectivity index (χ3v) is 6.11. The van der Waals surface area contributed by atoms with Gasteiger partial charge in [0.15, 0.2) is 0 Å². The SMILES string of the molecule is O=C(NCC1CCN(CCO)CC1)C1CC2CCCC(C1)C2=O. The first kappa shape index (κ1) is 16.9. The van der Waals surface area contributed by atoms with Crippen LogP contribution >= 0.6 is 0 Å². The van der Waals surface area contributed by atoms with Crippen LogP contribution in [0.5, 0.6) is 0 Å². The molecule has 2 aliphatic carbocycles. The summed E-state index contributed by atoms with van der Waals surface area (Å²) in [5.41, 5.74) is 0. The van der Waals surface area contributed by atoms with Gasteiger partial charge < -0.3 is 15.3 Å². The molecule has 0 spiro atoms. The first-order valence-corrected chi connectivity index (χ1v) is 9.32. The molecule has 2 N–H and O–H groups in total. The van der Waals surface area contributed by atoms with Crippen molar-refractivity contribution in [1.82, 2.24) is 10.2 Å². The molecule has 0 aromatic heterocycles. The summed E-state index contributed by atoms with van der Waals surface area (Å²) in [7, 11) is 0. The van der Waals surface area contributed by atoms with Crippen molar-refractivity contribution >= 4 is 11.7 Å². The number of Topliss-reactive ketones (excluding diaryl/α,β-unsaturated/α-hetero) is 1. The minimum atomic E-state index is 0.0532. The molecule has 1 aliphatic heterocycles. The molecule has 5 heteroatoms. The summed E-state index contributed by atoms with van der Waals surface area (Å²) in [6.45, 7) is 3.79. The van der Waals surface area contributed by atoms with E-state index in [0.717, 1.165) is 71.1 Å². The molecule has 0 radical (unpaired) electrons. The van der Waals surface area contributed by atoms with Crippen molar-refractivity contribution in [2.45, 2.75) is 44.9 Å². The highest BCUT2D eigenvalue weighted by atomic mass is 16.3. The Morgan fingerprint density at radius 2 is 1.78 bits per heavy atom. The normalized spacial score (nSPS) is 32.7. The monoisotopic (exact) mass is 322 g/mol. The van der Waals surface area contributed by atoms with Gasteiger partial charge in [-0.1, -0.05) is 6.42 Å². The van der Waals surface area contributed by atoms with Gasteiger partial charge in [0.05, 0.1) is 6.61 Å². The van der Waals surface area contributed by atoms with Crippen LogP contribution < -0.4 is 5.32 Å². The van der Waals surface area contributed by atoms with Crippen molar-refractivity contribution in [3.63, 3.8) is 0 Å². The van der Waals surface area contributed by atoms with E-state index in [2.05, 4.69) is 10.2 Å². The second-order valence-corrected chi connectivity index (χ2v) is 7.65. The van der Waals surface area contributed by atoms with Crippen molar-refractivity contribution in [3.05, 3.63) is 0 Å². The third kappa shape index (κ3) is 4.13. The Kier molecular flexibility index (Phi) is 5.70. The first-order valence-electron chi connectivity index (χ1n) is 9.32. The van der Waals surface area contributed by atoms with Gasteiger partial charge in [-0.3, -0.25) is 9.59 Å². The second-order valence-electron chi connectivity index (χ2n) is 7.65. The molecule has 0 aromatic carbocycles. The van der Waals surface area contributed by atoms with Crippen molar-refractivity contribution < 1.29 is 14.7 Å². The van der Waals surface area contributed by atoms with E-state index in [4.69, 9.17) is 5.11 Å². The minimum absolute atomic E-state index is 0.0532. The average molecular weight is 322 g/mol. The van der Waals surface area contributed by atoms with Gasteiger partial charge in [-0.2, -0.15) is 0 Å². The summed E-state index contributed by atoms with van der Waals surface area (Å²) in [5.74, 6) is 1.51. The molecule has 130 valence electrons. The first-order chi connectivity index (χ1) is 11.2. The lowest BCUT2D eigenvalue weighted by molar-refractivity contribution is -0.137. The van der Waals surface area contributed by atoms with E-state index in [0.29, 0.717) is 11.7 Å². The molecule has 0 aromatic rings.